The molecule has 1 heterocycles. The van der Waals surface area contributed by atoms with Crippen molar-refractivity contribution in [1.29, 1.82) is 0 Å². The lowest BCUT2D eigenvalue weighted by Gasteiger charge is -2.13. The van der Waals surface area contributed by atoms with Gasteiger partial charge in [0, 0.05) is 18.5 Å². The Morgan fingerprint density at radius 1 is 1.05 bits per heavy atom. The minimum atomic E-state index is -4.26. The van der Waals surface area contributed by atoms with E-state index in [9.17, 15) is 28.0 Å². The number of carbonyl (C=O) groups excluding carboxylic acids is 3. The van der Waals surface area contributed by atoms with E-state index in [-0.39, 0.29) is 52.2 Å². The fraction of sp³-hybridized carbons (Fsp3) is 0.259. The normalized spacial score (nSPS) is 11.8. The van der Waals surface area contributed by atoms with E-state index in [2.05, 4.69) is 9.71 Å². The Morgan fingerprint density at radius 2 is 1.79 bits per heavy atom. The van der Waals surface area contributed by atoms with Gasteiger partial charge in [-0.2, -0.15) is 5.48 Å². The van der Waals surface area contributed by atoms with Crippen LogP contribution in [0.5, 0.6) is 11.5 Å². The number of nitrogens with two attached hydrogens (primary N) is 2. The number of benzene rings is 2. The molecule has 0 saturated heterocycles. The van der Waals surface area contributed by atoms with E-state index >= 15 is 0 Å². The first-order valence-electron chi connectivity index (χ1n) is 12.5. The molecular weight excluding hydrogens is 586 g/mol. The molecule has 0 aliphatic heterocycles. The number of methoxy groups -OCH3 is 2. The van der Waals surface area contributed by atoms with Crippen LogP contribution in [0.2, 0.25) is 0 Å². The molecule has 0 amide bonds. The molecule has 13 nitrogen and oxygen atoms in total. The Morgan fingerprint density at radius 3 is 2.45 bits per heavy atom. The van der Waals surface area contributed by atoms with Crippen molar-refractivity contribution >= 4 is 50.4 Å². The third kappa shape index (κ3) is 8.13. The molecule has 7 N–H and O–H groups in total. The number of aliphatic imine (C=N–C) groups is 1. The molecule has 224 valence electrons. The average molecular weight is 618 g/mol. The van der Waals surface area contributed by atoms with Crippen LogP contribution in [-0.2, 0) is 21.2 Å². The van der Waals surface area contributed by atoms with E-state index in [1.54, 1.807) is 18.2 Å². The van der Waals surface area contributed by atoms with Crippen LogP contribution in [0.4, 0.5) is 5.69 Å². The maximum atomic E-state index is 13.2. The topological polar surface area (TPSA) is 212 Å². The number of hydroxylamine groups is 1. The lowest BCUT2D eigenvalue weighted by molar-refractivity contribution is -0.119. The predicted octanol–water partition coefficient (Wildman–Crippen LogP) is 2.14. The van der Waals surface area contributed by atoms with Gasteiger partial charge in [-0.05, 0) is 54.1 Å². The van der Waals surface area contributed by atoms with Gasteiger partial charge in [0.05, 0.1) is 30.8 Å². The second-order valence-corrected chi connectivity index (χ2v) is 11.5. The number of anilines is 1. The van der Waals surface area contributed by atoms with Crippen molar-refractivity contribution < 1.29 is 37.5 Å². The Bertz CT molecular complexity index is 1580. The Balaban J connectivity index is 1.75. The first-order valence-corrected chi connectivity index (χ1v) is 14.8. The predicted molar refractivity (Wildman–Crippen MR) is 157 cm³/mol. The summed E-state index contributed by atoms with van der Waals surface area (Å²) < 4.78 is 39.2. The van der Waals surface area contributed by atoms with Crippen LogP contribution in [0.25, 0.3) is 0 Å². The maximum Gasteiger partial charge on any atom is 0.261 e. The number of nitrogens with zero attached hydrogens (tertiary/aromatic N) is 1. The van der Waals surface area contributed by atoms with Crippen LogP contribution < -0.4 is 31.1 Å². The van der Waals surface area contributed by atoms with Crippen molar-refractivity contribution in [3.8, 4) is 11.5 Å². The molecule has 2 aromatic carbocycles. The summed E-state index contributed by atoms with van der Waals surface area (Å²) in [6.07, 6.45) is 0.323. The number of nitrogens with one attached hydrogen (secondary N) is 2. The molecule has 15 heteroatoms. The van der Waals surface area contributed by atoms with Crippen LogP contribution in [0.1, 0.15) is 38.4 Å². The van der Waals surface area contributed by atoms with Crippen molar-refractivity contribution in [3.05, 3.63) is 69.9 Å². The van der Waals surface area contributed by atoms with Crippen LogP contribution in [0.15, 0.2) is 63.8 Å². The highest BCUT2D eigenvalue weighted by Gasteiger charge is 2.29. The van der Waals surface area contributed by atoms with E-state index in [0.29, 0.717) is 23.5 Å². The second-order valence-electron chi connectivity index (χ2n) is 8.91. The zero-order chi connectivity index (χ0) is 30.9. The molecule has 1 atom stereocenters. The molecule has 0 aliphatic rings. The van der Waals surface area contributed by atoms with Gasteiger partial charge < -0.3 is 26.1 Å². The van der Waals surface area contributed by atoms with Crippen molar-refractivity contribution in [2.24, 2.45) is 16.5 Å². The van der Waals surface area contributed by atoms with Crippen molar-refractivity contribution in [2.75, 3.05) is 25.5 Å². The molecule has 42 heavy (non-hydrogen) atoms. The molecule has 0 radical (unpaired) electrons. The zero-order valence-corrected chi connectivity index (χ0v) is 24.5. The minimum Gasteiger partial charge on any atom is -0.493 e. The van der Waals surface area contributed by atoms with E-state index < -0.39 is 27.6 Å². The highest BCUT2D eigenvalue weighted by Crippen LogP contribution is 2.29. The van der Waals surface area contributed by atoms with Gasteiger partial charge in [-0.25, -0.2) is 8.42 Å². The molecule has 3 rings (SSSR count). The lowest BCUT2D eigenvalue weighted by atomic mass is 10.0. The summed E-state index contributed by atoms with van der Waals surface area (Å²) >= 11 is 0.862. The molecule has 0 saturated carbocycles. The third-order valence-corrected chi connectivity index (χ3v) is 8.31. The van der Waals surface area contributed by atoms with Gasteiger partial charge in [0.15, 0.2) is 23.2 Å². The number of Topliss-reactive ketones (excluding diaryl/α,β-unsaturated/α-hetero) is 3. The summed E-state index contributed by atoms with van der Waals surface area (Å²) in [7, 11) is -1.29. The zero-order valence-electron chi connectivity index (χ0n) is 22.8. The molecule has 0 bridgehead atoms. The van der Waals surface area contributed by atoms with Gasteiger partial charge in [0.25, 0.3) is 10.0 Å². The number of ether oxygens (including phenoxy) is 2. The lowest BCUT2D eigenvalue weighted by Crippen LogP contribution is -2.39. The quantitative estimate of drug-likeness (QED) is 0.0392. The number of ketones is 3. The van der Waals surface area contributed by atoms with Gasteiger partial charge in [0.2, 0.25) is 11.6 Å². The Kier molecular flexibility index (Phi) is 11.2. The van der Waals surface area contributed by atoms with Crippen molar-refractivity contribution in [1.82, 2.24) is 5.48 Å². The summed E-state index contributed by atoms with van der Waals surface area (Å²) in [6.45, 7) is 0.182. The Labute approximate surface area is 246 Å². The fourth-order valence-electron chi connectivity index (χ4n) is 3.91. The highest BCUT2D eigenvalue weighted by atomic mass is 32.2. The minimum absolute atomic E-state index is 0.0193. The van der Waals surface area contributed by atoms with Crippen LogP contribution in [-0.4, -0.2) is 63.7 Å². The monoisotopic (exact) mass is 617 g/mol. The summed E-state index contributed by atoms with van der Waals surface area (Å²) in [5, 5.41) is 10.9. The highest BCUT2D eigenvalue weighted by molar-refractivity contribution is 7.92. The van der Waals surface area contributed by atoms with Gasteiger partial charge in [-0.1, -0.05) is 18.2 Å². The number of hydrogen-bond donors (Lipinski definition) is 5. The van der Waals surface area contributed by atoms with Crippen LogP contribution >= 0.6 is 11.3 Å². The number of guanidine groups is 1. The molecule has 0 unspecified atom stereocenters. The Hall–Kier alpha value is -4.31. The number of sulfonamides is 1. The van der Waals surface area contributed by atoms with Gasteiger partial charge in [-0.15, -0.1) is 11.3 Å². The number of carbonyl (C=O) groups is 3. The molecule has 1 aromatic heterocycles. The van der Waals surface area contributed by atoms with Crippen LogP contribution in [0.3, 0.4) is 0 Å². The molecule has 3 aromatic rings. The number of rotatable bonds is 16. The smallest absolute Gasteiger partial charge is 0.261 e. The SMILES string of the molecule is COc1ccc(CC(=O)c2cccc(S(=O)(=O)Nc3ccsc3C(=O)C(=O)[C@H](CCCN=C(N)N)NO)c2)cc1OC. The van der Waals surface area contributed by atoms with E-state index in [1.165, 1.54) is 49.9 Å². The standard InChI is InChI=1S/C27H31N5O8S2/c1-39-22-9-8-16(14-23(22)40-2)13-21(33)17-5-3-6-18(15-17)42(37,38)32-20-10-12-41-26(20)25(35)24(34)19(31-36)7-4-11-30-27(28)29/h3,5-6,8-10,12,14-15,19,31-32,36H,4,7,11,13H2,1-2H3,(H4,28,29,30)/t19-/m0/s1. The molecule has 0 aliphatic carbocycles. The molecule has 0 fully saturated rings. The first-order chi connectivity index (χ1) is 20.0. The van der Waals surface area contributed by atoms with E-state index in [4.69, 9.17) is 20.9 Å². The molecular formula is C27H31N5O8S2. The van der Waals surface area contributed by atoms with E-state index in [1.807, 2.05) is 5.48 Å². The summed E-state index contributed by atoms with van der Waals surface area (Å²) in [5.74, 6) is -1.46. The van der Waals surface area contributed by atoms with Crippen molar-refractivity contribution in [3.63, 3.8) is 0 Å². The summed E-state index contributed by atoms with van der Waals surface area (Å²) in [5.41, 5.74) is 13.0. The van der Waals surface area contributed by atoms with Crippen LogP contribution in [0, 0.1) is 0 Å². The van der Waals surface area contributed by atoms with Gasteiger partial charge in [-0.3, -0.25) is 24.1 Å². The number of thiophene rings is 1. The van der Waals surface area contributed by atoms with Gasteiger partial charge in [0.1, 0.15) is 4.88 Å². The largest absolute Gasteiger partial charge is 0.493 e. The second kappa shape index (κ2) is 14.5. The maximum absolute atomic E-state index is 13.2. The average Bonchev–Trinajstić information content (AvgIpc) is 3.43. The number of hydrogen-bond acceptors (Lipinski definition) is 11. The summed E-state index contributed by atoms with van der Waals surface area (Å²) in [4.78, 5) is 42.1. The molecule has 0 spiro atoms. The third-order valence-electron chi connectivity index (χ3n) is 6.04. The summed E-state index contributed by atoms with van der Waals surface area (Å²) in [6, 6.07) is 10.6. The van der Waals surface area contributed by atoms with E-state index in [0.717, 1.165) is 11.3 Å². The van der Waals surface area contributed by atoms with Gasteiger partial charge >= 0.3 is 0 Å². The first kappa shape index (κ1) is 32.2. The van der Waals surface area contributed by atoms with Crippen molar-refractivity contribution in [2.45, 2.75) is 30.2 Å². The fourth-order valence-corrected chi connectivity index (χ4v) is 5.89.